The number of ether oxygens (including phenoxy) is 1. The molecule has 21 heavy (non-hydrogen) atoms. The highest BCUT2D eigenvalue weighted by molar-refractivity contribution is 6.12. The Bertz CT molecular complexity index is 567. The maximum Gasteiger partial charge on any atom is 0.305 e. The number of rotatable bonds is 5. The molecule has 2 aromatic carbocycles. The molecule has 0 aliphatic carbocycles. The van der Waals surface area contributed by atoms with Crippen molar-refractivity contribution in [3.63, 3.8) is 0 Å². The molecule has 0 aromatic heterocycles. The van der Waals surface area contributed by atoms with E-state index in [1.165, 1.54) is 6.92 Å². The van der Waals surface area contributed by atoms with Crippen LogP contribution in [0.2, 0.25) is 0 Å². The minimum Gasteiger partial charge on any atom is -0.424 e. The predicted octanol–water partition coefficient (Wildman–Crippen LogP) is 3.36. The van der Waals surface area contributed by atoms with E-state index in [1.54, 1.807) is 6.92 Å². The number of carbonyl (C=O) groups excluding carboxylic acids is 1. The minimum atomic E-state index is -0.732. The van der Waals surface area contributed by atoms with E-state index in [0.717, 1.165) is 11.1 Å². The van der Waals surface area contributed by atoms with Gasteiger partial charge in [-0.25, -0.2) is 0 Å². The second-order valence-electron chi connectivity index (χ2n) is 4.45. The van der Waals surface area contributed by atoms with Crippen LogP contribution < -0.4 is 0 Å². The largest absolute Gasteiger partial charge is 0.424 e. The van der Waals surface area contributed by atoms with Gasteiger partial charge in [-0.05, 0) is 0 Å². The lowest BCUT2D eigenvalue weighted by Gasteiger charge is -2.12. The van der Waals surface area contributed by atoms with Crippen LogP contribution in [0.1, 0.15) is 25.0 Å². The molecule has 0 spiro atoms. The van der Waals surface area contributed by atoms with Crippen LogP contribution in [0, 0.1) is 0 Å². The summed E-state index contributed by atoms with van der Waals surface area (Å²) in [5.74, 6) is -0.404. The van der Waals surface area contributed by atoms with E-state index in [2.05, 4.69) is 5.16 Å². The first-order valence-electron chi connectivity index (χ1n) is 6.68. The van der Waals surface area contributed by atoms with Gasteiger partial charge in [-0.1, -0.05) is 65.8 Å². The Morgan fingerprint density at radius 2 is 1.43 bits per heavy atom. The summed E-state index contributed by atoms with van der Waals surface area (Å²) in [7, 11) is 0. The molecule has 108 valence electrons. The highest BCUT2D eigenvalue weighted by Crippen LogP contribution is 2.12. The first-order valence-corrected chi connectivity index (χ1v) is 6.68. The fraction of sp³-hybridized carbons (Fsp3) is 0.176. The lowest BCUT2D eigenvalue weighted by atomic mass is 10.0. The Labute approximate surface area is 124 Å². The molecule has 0 saturated heterocycles. The Hall–Kier alpha value is -2.62. The normalized spacial score (nSPS) is 11.3. The van der Waals surface area contributed by atoms with Gasteiger partial charge < -0.3 is 9.57 Å². The van der Waals surface area contributed by atoms with E-state index in [0.29, 0.717) is 5.71 Å². The van der Waals surface area contributed by atoms with Crippen LogP contribution in [0.15, 0.2) is 65.8 Å². The molecule has 2 aromatic rings. The van der Waals surface area contributed by atoms with E-state index in [4.69, 9.17) is 9.57 Å². The minimum absolute atomic E-state index is 0.404. The van der Waals surface area contributed by atoms with Gasteiger partial charge in [-0.3, -0.25) is 4.79 Å². The van der Waals surface area contributed by atoms with Gasteiger partial charge in [0.05, 0.1) is 0 Å². The van der Waals surface area contributed by atoms with Crippen molar-refractivity contribution in [2.45, 2.75) is 20.1 Å². The second-order valence-corrected chi connectivity index (χ2v) is 4.45. The van der Waals surface area contributed by atoms with E-state index in [1.807, 2.05) is 60.7 Å². The molecule has 0 radical (unpaired) electrons. The number of oxime groups is 1. The lowest BCUT2D eigenvalue weighted by molar-refractivity contribution is -0.172. The number of nitrogens with zero attached hydrogens (tertiary/aromatic N) is 1. The predicted molar refractivity (Wildman–Crippen MR) is 80.8 cm³/mol. The van der Waals surface area contributed by atoms with Gasteiger partial charge in [-0.15, -0.1) is 0 Å². The Morgan fingerprint density at radius 3 is 1.86 bits per heavy atom. The summed E-state index contributed by atoms with van der Waals surface area (Å²) in [6.45, 7) is 2.96. The van der Waals surface area contributed by atoms with Crippen LogP contribution in [-0.2, 0) is 14.4 Å². The average molecular weight is 283 g/mol. The molecule has 4 nitrogen and oxygen atoms in total. The van der Waals surface area contributed by atoms with E-state index in [9.17, 15) is 4.79 Å². The quantitative estimate of drug-likeness (QED) is 0.366. The zero-order valence-corrected chi connectivity index (χ0v) is 12.0. The zero-order chi connectivity index (χ0) is 15.1. The average Bonchev–Trinajstić information content (AvgIpc) is 2.49. The van der Waals surface area contributed by atoms with Crippen molar-refractivity contribution in [2.24, 2.45) is 5.16 Å². The van der Waals surface area contributed by atoms with Gasteiger partial charge in [0.15, 0.2) is 0 Å². The molecule has 4 heteroatoms. The van der Waals surface area contributed by atoms with E-state index < -0.39 is 12.3 Å². The van der Waals surface area contributed by atoms with Crippen LogP contribution in [0.4, 0.5) is 0 Å². The summed E-state index contributed by atoms with van der Waals surface area (Å²) in [6.07, 6.45) is -0.732. The van der Waals surface area contributed by atoms with Crippen molar-refractivity contribution < 1.29 is 14.4 Å². The standard InChI is InChI=1S/C17H17NO3/c1-13(19)20-14(2)21-18-17(15-9-5-3-6-10-15)16-11-7-4-8-12-16/h3-12,14H,1-2H3. The maximum atomic E-state index is 10.9. The van der Waals surface area contributed by atoms with Gasteiger partial charge >= 0.3 is 5.97 Å². The van der Waals surface area contributed by atoms with Crippen molar-refractivity contribution in [1.29, 1.82) is 0 Å². The second kappa shape index (κ2) is 7.24. The molecule has 0 fully saturated rings. The summed E-state index contributed by atoms with van der Waals surface area (Å²) >= 11 is 0. The van der Waals surface area contributed by atoms with Crippen molar-refractivity contribution in [2.75, 3.05) is 0 Å². The van der Waals surface area contributed by atoms with Crippen LogP contribution in [0.25, 0.3) is 0 Å². The summed E-state index contributed by atoms with van der Waals surface area (Å²) in [4.78, 5) is 16.2. The molecule has 0 aliphatic heterocycles. The number of hydrogen-bond donors (Lipinski definition) is 0. The summed E-state index contributed by atoms with van der Waals surface area (Å²) in [5, 5.41) is 4.16. The fourth-order valence-corrected chi connectivity index (χ4v) is 1.85. The van der Waals surface area contributed by atoms with Gasteiger partial charge in [0.1, 0.15) is 5.71 Å². The molecule has 0 amide bonds. The van der Waals surface area contributed by atoms with Gasteiger partial charge in [-0.2, -0.15) is 0 Å². The number of hydrogen-bond acceptors (Lipinski definition) is 4. The highest BCUT2D eigenvalue weighted by Gasteiger charge is 2.10. The lowest BCUT2D eigenvalue weighted by Crippen LogP contribution is -2.15. The SMILES string of the molecule is CC(=O)OC(C)ON=C(c1ccccc1)c1ccccc1. The number of esters is 1. The van der Waals surface area contributed by atoms with Crippen LogP contribution >= 0.6 is 0 Å². The molecule has 0 heterocycles. The molecule has 0 bridgehead atoms. The molecule has 1 unspecified atom stereocenters. The summed E-state index contributed by atoms with van der Waals surface area (Å²) in [5.41, 5.74) is 2.55. The topological polar surface area (TPSA) is 47.9 Å². The monoisotopic (exact) mass is 283 g/mol. The van der Waals surface area contributed by atoms with Gasteiger partial charge in [0.25, 0.3) is 6.29 Å². The molecular formula is C17H17NO3. The van der Waals surface area contributed by atoms with Gasteiger partial charge in [0.2, 0.25) is 0 Å². The maximum absolute atomic E-state index is 10.9. The molecule has 1 atom stereocenters. The third-order valence-electron chi connectivity index (χ3n) is 2.72. The van der Waals surface area contributed by atoms with E-state index >= 15 is 0 Å². The summed E-state index contributed by atoms with van der Waals surface area (Å²) in [6, 6.07) is 19.4. The first kappa shape index (κ1) is 14.8. The number of carbonyl (C=O) groups is 1. The molecular weight excluding hydrogens is 266 g/mol. The molecule has 0 aliphatic rings. The Kier molecular flexibility index (Phi) is 5.10. The molecule has 0 N–H and O–H groups in total. The summed E-state index contributed by atoms with van der Waals surface area (Å²) < 4.78 is 4.90. The van der Waals surface area contributed by atoms with Crippen LogP contribution in [-0.4, -0.2) is 18.0 Å². The van der Waals surface area contributed by atoms with Crippen molar-refractivity contribution in [1.82, 2.24) is 0 Å². The van der Waals surface area contributed by atoms with E-state index in [-0.39, 0.29) is 0 Å². The first-order chi connectivity index (χ1) is 10.2. The highest BCUT2D eigenvalue weighted by atomic mass is 16.8. The third-order valence-corrected chi connectivity index (χ3v) is 2.72. The number of benzene rings is 2. The zero-order valence-electron chi connectivity index (χ0n) is 12.0. The fourth-order valence-electron chi connectivity index (χ4n) is 1.85. The van der Waals surface area contributed by atoms with Crippen molar-refractivity contribution >= 4 is 11.7 Å². The smallest absolute Gasteiger partial charge is 0.305 e. The van der Waals surface area contributed by atoms with Gasteiger partial charge in [0, 0.05) is 25.0 Å². The van der Waals surface area contributed by atoms with Crippen LogP contribution in [0.5, 0.6) is 0 Å². The third kappa shape index (κ3) is 4.45. The Balaban J connectivity index is 2.27. The van der Waals surface area contributed by atoms with Crippen molar-refractivity contribution in [3.8, 4) is 0 Å². The van der Waals surface area contributed by atoms with Crippen LogP contribution in [0.3, 0.4) is 0 Å². The molecule has 0 saturated carbocycles. The molecule has 2 rings (SSSR count). The van der Waals surface area contributed by atoms with Crippen molar-refractivity contribution in [3.05, 3.63) is 71.8 Å². The Morgan fingerprint density at radius 1 is 0.952 bits per heavy atom.